The Hall–Kier alpha value is -2.80. The number of thioether (sulfide) groups is 1. The fourth-order valence-electron chi connectivity index (χ4n) is 2.15. The molecule has 1 amide bonds. The molecule has 0 saturated heterocycles. The molecule has 0 spiro atoms. The van der Waals surface area contributed by atoms with Crippen LogP contribution < -0.4 is 5.32 Å². The van der Waals surface area contributed by atoms with Crippen LogP contribution in [0.2, 0.25) is 0 Å². The standard InChI is InChI=1S/C17H16N4O2S/c1-21-16(12-7-9-14(22)10-8-12)19-20-17(21)24-11-15(23)18-13-5-3-2-4-6-13/h2-10,22H,11H2,1H3,(H,18,23). The van der Waals surface area contributed by atoms with Crippen LogP contribution in [0.3, 0.4) is 0 Å². The van der Waals surface area contributed by atoms with E-state index in [0.29, 0.717) is 11.0 Å². The predicted octanol–water partition coefficient (Wildman–Crippen LogP) is 2.92. The molecule has 3 aromatic rings. The Labute approximate surface area is 143 Å². The Morgan fingerprint density at radius 3 is 2.54 bits per heavy atom. The molecule has 0 unspecified atom stereocenters. The molecule has 0 bridgehead atoms. The van der Waals surface area contributed by atoms with Gasteiger partial charge in [-0.25, -0.2) is 0 Å². The lowest BCUT2D eigenvalue weighted by Gasteiger charge is -2.05. The molecule has 122 valence electrons. The minimum Gasteiger partial charge on any atom is -0.508 e. The summed E-state index contributed by atoms with van der Waals surface area (Å²) in [6.07, 6.45) is 0. The third-order valence-corrected chi connectivity index (χ3v) is 4.37. The quantitative estimate of drug-likeness (QED) is 0.698. The topological polar surface area (TPSA) is 80.0 Å². The second-order valence-corrected chi connectivity index (χ2v) is 6.06. The van der Waals surface area contributed by atoms with Gasteiger partial charge in [-0.2, -0.15) is 0 Å². The van der Waals surface area contributed by atoms with E-state index in [-0.39, 0.29) is 17.4 Å². The van der Waals surface area contributed by atoms with E-state index in [2.05, 4.69) is 15.5 Å². The summed E-state index contributed by atoms with van der Waals surface area (Å²) < 4.78 is 1.83. The number of anilines is 1. The molecule has 1 heterocycles. The summed E-state index contributed by atoms with van der Waals surface area (Å²) in [7, 11) is 1.85. The maximum Gasteiger partial charge on any atom is 0.234 e. The van der Waals surface area contributed by atoms with Crippen molar-refractivity contribution in [2.45, 2.75) is 5.16 Å². The highest BCUT2D eigenvalue weighted by atomic mass is 32.2. The van der Waals surface area contributed by atoms with Gasteiger partial charge in [0.15, 0.2) is 11.0 Å². The van der Waals surface area contributed by atoms with Crippen molar-refractivity contribution in [3.05, 3.63) is 54.6 Å². The lowest BCUT2D eigenvalue weighted by atomic mass is 10.2. The fraction of sp³-hybridized carbons (Fsp3) is 0.118. The van der Waals surface area contributed by atoms with Crippen LogP contribution in [-0.4, -0.2) is 31.5 Å². The van der Waals surface area contributed by atoms with Crippen molar-refractivity contribution in [2.75, 3.05) is 11.1 Å². The number of nitrogens with one attached hydrogen (secondary N) is 1. The molecule has 6 nitrogen and oxygen atoms in total. The molecule has 0 aliphatic rings. The van der Waals surface area contributed by atoms with Gasteiger partial charge in [0, 0.05) is 18.3 Å². The summed E-state index contributed by atoms with van der Waals surface area (Å²) in [6, 6.07) is 16.1. The molecule has 0 radical (unpaired) electrons. The molecule has 7 heteroatoms. The highest BCUT2D eigenvalue weighted by Crippen LogP contribution is 2.24. The highest BCUT2D eigenvalue weighted by Gasteiger charge is 2.13. The number of carbonyl (C=O) groups is 1. The van der Waals surface area contributed by atoms with Gasteiger partial charge < -0.3 is 15.0 Å². The van der Waals surface area contributed by atoms with E-state index in [1.807, 2.05) is 41.9 Å². The first kappa shape index (κ1) is 16.1. The molecule has 0 atom stereocenters. The summed E-state index contributed by atoms with van der Waals surface area (Å²) in [5.41, 5.74) is 1.62. The molecular weight excluding hydrogens is 324 g/mol. The molecule has 2 N–H and O–H groups in total. The number of hydrogen-bond donors (Lipinski definition) is 2. The normalized spacial score (nSPS) is 10.5. The van der Waals surface area contributed by atoms with Gasteiger partial charge >= 0.3 is 0 Å². The number of phenols is 1. The number of aromatic hydroxyl groups is 1. The first-order chi connectivity index (χ1) is 11.6. The van der Waals surface area contributed by atoms with Gasteiger partial charge in [0.2, 0.25) is 5.91 Å². The lowest BCUT2D eigenvalue weighted by molar-refractivity contribution is -0.113. The van der Waals surface area contributed by atoms with Crippen molar-refractivity contribution >= 4 is 23.4 Å². The number of hydrogen-bond acceptors (Lipinski definition) is 5. The summed E-state index contributed by atoms with van der Waals surface area (Å²) in [5.74, 6) is 1.03. The Morgan fingerprint density at radius 1 is 1.12 bits per heavy atom. The van der Waals surface area contributed by atoms with E-state index in [9.17, 15) is 9.90 Å². The summed E-state index contributed by atoms with van der Waals surface area (Å²) >= 11 is 1.32. The van der Waals surface area contributed by atoms with Gasteiger partial charge in [0.25, 0.3) is 0 Å². The number of para-hydroxylation sites is 1. The van der Waals surface area contributed by atoms with Crippen LogP contribution in [0.5, 0.6) is 5.75 Å². The second-order valence-electron chi connectivity index (χ2n) is 5.11. The molecule has 0 aliphatic heterocycles. The predicted molar refractivity (Wildman–Crippen MR) is 93.9 cm³/mol. The lowest BCUT2D eigenvalue weighted by Crippen LogP contribution is -2.14. The fourth-order valence-corrected chi connectivity index (χ4v) is 2.86. The van der Waals surface area contributed by atoms with Crippen molar-refractivity contribution in [1.82, 2.24) is 14.8 Å². The minimum absolute atomic E-state index is 0.0969. The molecule has 2 aromatic carbocycles. The van der Waals surface area contributed by atoms with E-state index >= 15 is 0 Å². The Morgan fingerprint density at radius 2 is 1.83 bits per heavy atom. The summed E-state index contributed by atoms with van der Waals surface area (Å²) in [4.78, 5) is 12.0. The molecule has 24 heavy (non-hydrogen) atoms. The number of rotatable bonds is 5. The van der Waals surface area contributed by atoms with E-state index in [1.165, 1.54) is 11.8 Å². The average molecular weight is 340 g/mol. The van der Waals surface area contributed by atoms with Gasteiger partial charge in [-0.3, -0.25) is 4.79 Å². The summed E-state index contributed by atoms with van der Waals surface area (Å²) in [6.45, 7) is 0. The van der Waals surface area contributed by atoms with E-state index in [0.717, 1.165) is 11.3 Å². The van der Waals surface area contributed by atoms with E-state index in [4.69, 9.17) is 0 Å². The zero-order valence-corrected chi connectivity index (χ0v) is 13.8. The van der Waals surface area contributed by atoms with Crippen molar-refractivity contribution in [1.29, 1.82) is 0 Å². The SMILES string of the molecule is Cn1c(SCC(=O)Nc2ccccc2)nnc1-c1ccc(O)cc1. The number of amides is 1. The van der Waals surface area contributed by atoms with Gasteiger partial charge in [0.1, 0.15) is 5.75 Å². The number of aromatic nitrogens is 3. The zero-order chi connectivity index (χ0) is 16.9. The number of nitrogens with zero attached hydrogens (tertiary/aromatic N) is 3. The smallest absolute Gasteiger partial charge is 0.234 e. The molecular formula is C17H16N4O2S. The third-order valence-electron chi connectivity index (χ3n) is 3.35. The first-order valence-corrected chi connectivity index (χ1v) is 8.28. The first-order valence-electron chi connectivity index (χ1n) is 7.30. The Kier molecular flexibility index (Phi) is 4.81. The van der Waals surface area contributed by atoms with Gasteiger partial charge in [-0.05, 0) is 36.4 Å². The van der Waals surface area contributed by atoms with Crippen LogP contribution in [-0.2, 0) is 11.8 Å². The zero-order valence-electron chi connectivity index (χ0n) is 13.0. The molecule has 3 rings (SSSR count). The van der Waals surface area contributed by atoms with Gasteiger partial charge in [-0.15, -0.1) is 10.2 Å². The largest absolute Gasteiger partial charge is 0.508 e. The number of benzene rings is 2. The molecule has 0 aliphatic carbocycles. The number of phenolic OH excluding ortho intramolecular Hbond substituents is 1. The highest BCUT2D eigenvalue weighted by molar-refractivity contribution is 7.99. The van der Waals surface area contributed by atoms with Crippen molar-refractivity contribution in [3.8, 4) is 17.1 Å². The molecule has 0 saturated carbocycles. The van der Waals surface area contributed by atoms with Crippen molar-refractivity contribution < 1.29 is 9.90 Å². The van der Waals surface area contributed by atoms with Crippen LogP contribution in [0, 0.1) is 0 Å². The van der Waals surface area contributed by atoms with Crippen LogP contribution in [0.25, 0.3) is 11.4 Å². The maximum atomic E-state index is 12.0. The third kappa shape index (κ3) is 3.75. The monoisotopic (exact) mass is 340 g/mol. The van der Waals surface area contributed by atoms with Crippen molar-refractivity contribution in [2.24, 2.45) is 7.05 Å². The Bertz CT molecular complexity index is 832. The number of carbonyl (C=O) groups excluding carboxylic acids is 1. The van der Waals surface area contributed by atoms with Crippen LogP contribution in [0.4, 0.5) is 5.69 Å². The summed E-state index contributed by atoms with van der Waals surface area (Å²) in [5, 5.41) is 21.1. The van der Waals surface area contributed by atoms with Gasteiger partial charge in [0.05, 0.1) is 5.75 Å². The molecule has 1 aromatic heterocycles. The van der Waals surface area contributed by atoms with E-state index in [1.54, 1.807) is 24.3 Å². The van der Waals surface area contributed by atoms with Crippen LogP contribution in [0.1, 0.15) is 0 Å². The van der Waals surface area contributed by atoms with Crippen molar-refractivity contribution in [3.63, 3.8) is 0 Å². The maximum absolute atomic E-state index is 12.0. The van der Waals surface area contributed by atoms with Crippen LogP contribution >= 0.6 is 11.8 Å². The van der Waals surface area contributed by atoms with Crippen LogP contribution in [0.15, 0.2) is 59.8 Å². The minimum atomic E-state index is -0.0969. The van der Waals surface area contributed by atoms with E-state index < -0.39 is 0 Å². The molecule has 0 fully saturated rings. The van der Waals surface area contributed by atoms with Gasteiger partial charge in [-0.1, -0.05) is 30.0 Å². The average Bonchev–Trinajstić information content (AvgIpc) is 2.95. The Balaban J connectivity index is 1.64. The second kappa shape index (κ2) is 7.18.